The third-order valence-corrected chi connectivity index (χ3v) is 14.8. The molecular formula is C60H85Cl3N8O12. The van der Waals surface area contributed by atoms with Gasteiger partial charge in [-0.25, -0.2) is 19.2 Å². The van der Waals surface area contributed by atoms with Crippen molar-refractivity contribution in [3.8, 4) is 0 Å². The number of nitrogens with zero attached hydrogens (tertiary/aromatic N) is 6. The van der Waals surface area contributed by atoms with Crippen molar-refractivity contribution in [2.45, 2.75) is 122 Å². The zero-order valence-corrected chi connectivity index (χ0v) is 50.5. The third kappa shape index (κ3) is 24.5. The minimum absolute atomic E-state index is 0.0632. The number of para-hydroxylation sites is 1. The van der Waals surface area contributed by atoms with Crippen LogP contribution in [0.25, 0.3) is 21.8 Å². The Bertz CT molecular complexity index is 2700. The summed E-state index contributed by atoms with van der Waals surface area (Å²) in [5.74, 6) is -0.168. The zero-order valence-electron chi connectivity index (χ0n) is 48.3. The van der Waals surface area contributed by atoms with Gasteiger partial charge in [0.05, 0.1) is 30.4 Å². The molecule has 0 unspecified atom stereocenters. The number of amides is 3. The topological polar surface area (TPSA) is 227 Å². The number of aliphatic hydroxyl groups is 1. The standard InChI is InChI=1S/C44H58N8O6.C8H13ClO3.C6H12O.C2H2Cl2O2/c1-4-5-6-9-24-57-44(56)58-30-52-39-11-8-7-10-34(39)28-37(41(52)53)33-12-18-51(19-13-33)43(55)46-38(27-32-25-31(2)40-35(26-32)29-45-47-40)42(54)50-22-20-49(21-23-50)36-14-16-48(3)17-15-36;1-2-3-4-5-6-11-8(10)12-7-9;1-2-3-4-5-6-7;3-1-6-2(4)5/h4,7-8,10-11,25-26,28-29,33,36,38H,1,5-6,9,12-24,27,30H2,2-3H3,(H,45,47)(H,46,55);2H,1,3-7H2;2,7H,1,3-6H2;1H2/t38-;;;/m1.../s1. The number of carbonyl (C=O) groups is 5. The lowest BCUT2D eigenvalue weighted by Crippen LogP contribution is -2.59. The molecule has 23 heteroatoms. The van der Waals surface area contributed by atoms with Crippen LogP contribution in [0.1, 0.15) is 106 Å². The summed E-state index contributed by atoms with van der Waals surface area (Å²) in [6, 6.07) is 12.7. The largest absolute Gasteiger partial charge is 0.510 e. The van der Waals surface area contributed by atoms with Crippen LogP contribution >= 0.6 is 34.8 Å². The summed E-state index contributed by atoms with van der Waals surface area (Å²) < 4.78 is 25.0. The van der Waals surface area contributed by atoms with Crippen LogP contribution in [0.5, 0.6) is 0 Å². The predicted molar refractivity (Wildman–Crippen MR) is 325 cm³/mol. The number of ether oxygens (including phenoxy) is 5. The van der Waals surface area contributed by atoms with Crippen molar-refractivity contribution in [1.29, 1.82) is 0 Å². The quantitative estimate of drug-likeness (QED) is 0.0148. The van der Waals surface area contributed by atoms with E-state index in [1.807, 2.05) is 66.4 Å². The molecule has 0 bridgehead atoms. The van der Waals surface area contributed by atoms with Crippen molar-refractivity contribution in [2.75, 3.05) is 91.4 Å². The number of unbranched alkanes of at least 4 members (excludes halogenated alkanes) is 6. The van der Waals surface area contributed by atoms with Crippen LogP contribution in [-0.4, -0.2) is 173 Å². The number of carbonyl (C=O) groups excluding carboxylic acids is 5. The number of piperazine rings is 1. The number of aliphatic hydroxyl groups excluding tert-OH is 1. The maximum absolute atomic E-state index is 14.3. The number of allylic oxidation sites excluding steroid dienone is 3. The van der Waals surface area contributed by atoms with E-state index >= 15 is 0 Å². The number of aromatic nitrogens is 3. The number of piperidine rings is 2. The number of rotatable bonds is 24. The summed E-state index contributed by atoms with van der Waals surface area (Å²) >= 11 is 14.6. The number of hydrogen-bond donors (Lipinski definition) is 3. The summed E-state index contributed by atoms with van der Waals surface area (Å²) in [5.41, 5.74) is 3.14. The molecule has 3 fully saturated rings. The highest BCUT2D eigenvalue weighted by Crippen LogP contribution is 2.29. The van der Waals surface area contributed by atoms with Gasteiger partial charge in [0.15, 0.2) is 18.9 Å². The van der Waals surface area contributed by atoms with Gasteiger partial charge in [-0.3, -0.25) is 24.2 Å². The van der Waals surface area contributed by atoms with Gasteiger partial charge in [-0.2, -0.15) is 5.10 Å². The van der Waals surface area contributed by atoms with Crippen LogP contribution in [-0.2, 0) is 41.6 Å². The number of benzene rings is 2. The predicted octanol–water partition coefficient (Wildman–Crippen LogP) is 11.0. The minimum atomic E-state index is -0.870. The fourth-order valence-corrected chi connectivity index (χ4v) is 10.2. The van der Waals surface area contributed by atoms with Gasteiger partial charge in [0, 0.05) is 80.9 Å². The van der Waals surface area contributed by atoms with Gasteiger partial charge in [0.2, 0.25) is 5.91 Å². The number of pyridine rings is 1. The Morgan fingerprint density at radius 3 is 1.93 bits per heavy atom. The van der Waals surface area contributed by atoms with Crippen molar-refractivity contribution in [3.63, 3.8) is 0 Å². The molecule has 0 saturated carbocycles. The van der Waals surface area contributed by atoms with Crippen LogP contribution in [0, 0.1) is 6.92 Å². The number of aromatic amines is 1. The van der Waals surface area contributed by atoms with E-state index in [4.69, 9.17) is 37.8 Å². The molecular weight excluding hydrogens is 1130 g/mol. The summed E-state index contributed by atoms with van der Waals surface area (Å²) in [6.07, 6.45) is 17.7. The van der Waals surface area contributed by atoms with Crippen molar-refractivity contribution >= 4 is 86.3 Å². The maximum Gasteiger partial charge on any atom is 0.510 e. The molecule has 3 aliphatic heterocycles. The second-order valence-corrected chi connectivity index (χ2v) is 21.0. The first-order chi connectivity index (χ1) is 40.2. The number of H-pyrrole nitrogens is 1. The summed E-state index contributed by atoms with van der Waals surface area (Å²) in [6.45, 7) is 19.5. The number of nitrogens with one attached hydrogen (secondary N) is 2. The number of aryl methyl sites for hydroxylation is 1. The van der Waals surface area contributed by atoms with Gasteiger partial charge in [-0.15, -0.1) is 19.7 Å². The zero-order chi connectivity index (χ0) is 60.4. The van der Waals surface area contributed by atoms with Crippen LogP contribution in [0.15, 0.2) is 91.4 Å². The SMILES string of the molecule is C=CCCCCO.C=CCCCCOC(=O)OCCl.C=CCCCCOC(=O)OCn1c(=O)c(C2CCN(C(=O)N[C@H](Cc3cc(C)c4[nH]ncc4c3)C(=O)N3CCN(C4CCN(C)CC4)CC3)CC2)cc2ccccc21.O=C(Cl)OCCl. The number of halogens is 3. The number of alkyl halides is 2. The molecule has 4 aromatic rings. The van der Waals surface area contributed by atoms with E-state index in [0.717, 1.165) is 118 Å². The van der Waals surface area contributed by atoms with Crippen LogP contribution in [0.2, 0.25) is 0 Å². The fraction of sp³-hybridized carbons (Fsp3) is 0.550. The molecule has 0 spiro atoms. The first-order valence-corrected chi connectivity index (χ1v) is 29.9. The number of likely N-dealkylation sites (tertiary alicyclic amines) is 2. The van der Waals surface area contributed by atoms with E-state index in [2.05, 4.69) is 84.0 Å². The van der Waals surface area contributed by atoms with Gasteiger partial charge in [-0.1, -0.05) is 65.7 Å². The van der Waals surface area contributed by atoms with E-state index < -0.39 is 23.8 Å². The number of hydrogen-bond acceptors (Lipinski definition) is 15. The lowest BCUT2D eigenvalue weighted by atomic mass is 9.89. The Kier molecular flexibility index (Phi) is 32.9. The molecule has 3 saturated heterocycles. The monoisotopic (exact) mass is 1210 g/mol. The number of urea groups is 1. The molecule has 3 aliphatic rings. The van der Waals surface area contributed by atoms with E-state index in [1.54, 1.807) is 11.1 Å². The molecule has 2 aromatic heterocycles. The normalized spacial score (nSPS) is 15.2. The van der Waals surface area contributed by atoms with Gasteiger partial charge < -0.3 is 48.8 Å². The lowest BCUT2D eigenvalue weighted by molar-refractivity contribution is -0.135. The van der Waals surface area contributed by atoms with E-state index in [9.17, 15) is 28.8 Å². The van der Waals surface area contributed by atoms with Gasteiger partial charge in [0.25, 0.3) is 5.56 Å². The fourth-order valence-electron chi connectivity index (χ4n) is 9.94. The summed E-state index contributed by atoms with van der Waals surface area (Å²) in [4.78, 5) is 83.3. The van der Waals surface area contributed by atoms with Crippen LogP contribution in [0.4, 0.5) is 19.2 Å². The van der Waals surface area contributed by atoms with Crippen LogP contribution in [0.3, 0.4) is 0 Å². The Balaban J connectivity index is 0.000000492. The third-order valence-electron chi connectivity index (χ3n) is 14.4. The Hall–Kier alpha value is -6.16. The second-order valence-electron chi connectivity index (χ2n) is 20.3. The highest BCUT2D eigenvalue weighted by atomic mass is 35.5. The van der Waals surface area contributed by atoms with E-state index in [1.165, 1.54) is 4.57 Å². The first-order valence-electron chi connectivity index (χ1n) is 28.5. The second kappa shape index (κ2) is 39.4. The highest BCUT2D eigenvalue weighted by molar-refractivity contribution is 6.61. The van der Waals surface area contributed by atoms with Gasteiger partial charge in [0.1, 0.15) is 6.04 Å². The number of fused-ring (bicyclic) bond motifs is 2. The molecule has 458 valence electrons. The molecule has 20 nitrogen and oxygen atoms in total. The molecule has 2 aromatic carbocycles. The van der Waals surface area contributed by atoms with Crippen molar-refractivity contribution in [2.24, 2.45) is 0 Å². The minimum Gasteiger partial charge on any atom is -0.437 e. The lowest BCUT2D eigenvalue weighted by Gasteiger charge is -2.43. The van der Waals surface area contributed by atoms with E-state index in [0.29, 0.717) is 82.2 Å². The Labute approximate surface area is 502 Å². The summed E-state index contributed by atoms with van der Waals surface area (Å²) in [7, 11) is 2.17. The Morgan fingerprint density at radius 2 is 1.35 bits per heavy atom. The van der Waals surface area contributed by atoms with Gasteiger partial charge in [-0.05, 0) is 151 Å². The van der Waals surface area contributed by atoms with E-state index in [-0.39, 0.29) is 48.9 Å². The molecule has 0 radical (unpaired) electrons. The van der Waals surface area contributed by atoms with Crippen LogP contribution < -0.4 is 10.9 Å². The molecule has 3 N–H and O–H groups in total. The molecule has 7 rings (SSSR count). The Morgan fingerprint density at radius 1 is 0.747 bits per heavy atom. The summed E-state index contributed by atoms with van der Waals surface area (Å²) in [5, 5.41) is 20.5. The average molecular weight is 1220 g/mol. The molecule has 0 aliphatic carbocycles. The van der Waals surface area contributed by atoms with Crippen molar-refractivity contribution in [3.05, 3.63) is 114 Å². The average Bonchev–Trinajstić information content (AvgIpc) is 4.12. The first kappa shape index (κ1) is 69.3. The van der Waals surface area contributed by atoms with Crippen molar-refractivity contribution in [1.82, 2.24) is 39.7 Å². The molecule has 5 heterocycles. The van der Waals surface area contributed by atoms with Crippen molar-refractivity contribution < 1.29 is 52.8 Å². The molecule has 3 amide bonds. The highest BCUT2D eigenvalue weighted by Gasteiger charge is 2.34. The molecule has 1 atom stereocenters. The molecule has 83 heavy (non-hydrogen) atoms. The van der Waals surface area contributed by atoms with Gasteiger partial charge >= 0.3 is 23.8 Å². The maximum atomic E-state index is 14.3. The smallest absolute Gasteiger partial charge is 0.437 e.